The molecule has 0 aromatic heterocycles. The van der Waals surface area contributed by atoms with E-state index in [2.05, 4.69) is 12.2 Å². The molecule has 0 spiro atoms. The molecule has 0 amide bonds. The minimum atomic E-state index is -0.503. The lowest BCUT2D eigenvalue weighted by molar-refractivity contribution is 0.624. The van der Waals surface area contributed by atoms with Gasteiger partial charge in [-0.25, -0.2) is 4.39 Å². The molecule has 0 unspecified atom stereocenters. The first-order valence-electron chi connectivity index (χ1n) is 5.79. The van der Waals surface area contributed by atoms with Crippen molar-refractivity contribution in [3.8, 4) is 6.07 Å². The highest BCUT2D eigenvalue weighted by Gasteiger charge is 2.04. The first kappa shape index (κ1) is 12.1. The molecule has 0 atom stereocenters. The van der Waals surface area contributed by atoms with E-state index in [1.165, 1.54) is 17.7 Å². The first-order chi connectivity index (χ1) is 8.74. The van der Waals surface area contributed by atoms with Crippen molar-refractivity contribution < 1.29 is 4.39 Å². The number of benzene rings is 2. The van der Waals surface area contributed by atoms with Gasteiger partial charge in [-0.15, -0.1) is 0 Å². The third kappa shape index (κ3) is 2.49. The zero-order valence-electron chi connectivity index (χ0n) is 10.1. The monoisotopic (exact) mass is 240 g/mol. The summed E-state index contributed by atoms with van der Waals surface area (Å²) in [5.41, 5.74) is 2.84. The van der Waals surface area contributed by atoms with Crippen molar-refractivity contribution in [3.05, 3.63) is 59.4 Å². The summed E-state index contributed by atoms with van der Waals surface area (Å²) in [7, 11) is 0. The van der Waals surface area contributed by atoms with E-state index in [9.17, 15) is 4.39 Å². The molecular weight excluding hydrogens is 227 g/mol. The van der Waals surface area contributed by atoms with Crippen molar-refractivity contribution in [2.45, 2.75) is 13.3 Å². The predicted octanol–water partition coefficient (Wildman–Crippen LogP) is 4.00. The number of hydrogen-bond donors (Lipinski definition) is 1. The fourth-order valence-electron chi connectivity index (χ4n) is 1.79. The lowest BCUT2D eigenvalue weighted by Crippen LogP contribution is -1.96. The second kappa shape index (κ2) is 5.33. The van der Waals surface area contributed by atoms with Gasteiger partial charge in [-0.3, -0.25) is 0 Å². The van der Waals surface area contributed by atoms with Crippen LogP contribution in [0.2, 0.25) is 0 Å². The molecule has 18 heavy (non-hydrogen) atoms. The van der Waals surface area contributed by atoms with Crippen LogP contribution in [0.3, 0.4) is 0 Å². The highest BCUT2D eigenvalue weighted by atomic mass is 19.1. The number of para-hydroxylation sites is 1. The molecule has 2 rings (SSSR count). The fourth-order valence-corrected chi connectivity index (χ4v) is 1.79. The Hall–Kier alpha value is -2.34. The number of nitriles is 1. The Kier molecular flexibility index (Phi) is 3.59. The largest absolute Gasteiger partial charge is 0.355 e. The van der Waals surface area contributed by atoms with Crippen LogP contribution >= 0.6 is 0 Å². The molecule has 0 aliphatic heterocycles. The van der Waals surface area contributed by atoms with Gasteiger partial charge in [0.1, 0.15) is 11.9 Å². The molecule has 2 aromatic carbocycles. The van der Waals surface area contributed by atoms with Gasteiger partial charge < -0.3 is 5.32 Å². The molecular formula is C15H13FN2. The number of nitrogens with one attached hydrogen (secondary N) is 1. The summed E-state index contributed by atoms with van der Waals surface area (Å²) < 4.78 is 13.5. The predicted molar refractivity (Wildman–Crippen MR) is 70.2 cm³/mol. The summed E-state index contributed by atoms with van der Waals surface area (Å²) in [5, 5.41) is 11.8. The third-order valence-electron chi connectivity index (χ3n) is 2.77. The van der Waals surface area contributed by atoms with Crippen LogP contribution in [0.1, 0.15) is 18.1 Å². The zero-order chi connectivity index (χ0) is 13.0. The van der Waals surface area contributed by atoms with E-state index < -0.39 is 5.82 Å². The average Bonchev–Trinajstić information content (AvgIpc) is 2.39. The Labute approximate surface area is 106 Å². The van der Waals surface area contributed by atoms with Crippen LogP contribution in [-0.2, 0) is 6.42 Å². The Morgan fingerprint density at radius 2 is 2.00 bits per heavy atom. The maximum absolute atomic E-state index is 13.5. The van der Waals surface area contributed by atoms with E-state index in [0.29, 0.717) is 5.69 Å². The van der Waals surface area contributed by atoms with E-state index in [0.717, 1.165) is 12.1 Å². The zero-order valence-corrected chi connectivity index (χ0v) is 10.1. The summed E-state index contributed by atoms with van der Waals surface area (Å²) in [5.74, 6) is -0.503. The quantitative estimate of drug-likeness (QED) is 0.880. The van der Waals surface area contributed by atoms with Crippen LogP contribution in [0.25, 0.3) is 0 Å². The van der Waals surface area contributed by atoms with Crippen molar-refractivity contribution >= 4 is 11.4 Å². The molecule has 0 saturated carbocycles. The van der Waals surface area contributed by atoms with Gasteiger partial charge in [0, 0.05) is 11.4 Å². The van der Waals surface area contributed by atoms with Gasteiger partial charge in [0.15, 0.2) is 0 Å². The number of nitrogens with zero attached hydrogens (tertiary/aromatic N) is 1. The molecule has 0 aliphatic carbocycles. The van der Waals surface area contributed by atoms with Crippen LogP contribution in [-0.4, -0.2) is 0 Å². The van der Waals surface area contributed by atoms with E-state index in [4.69, 9.17) is 5.26 Å². The van der Waals surface area contributed by atoms with Crippen LogP contribution in [0.5, 0.6) is 0 Å². The standard InChI is InChI=1S/C15H13FN2/c1-2-11-5-3-4-6-15(11)18-13-8-7-12(10-17)14(16)9-13/h3-9,18H,2H2,1H3. The summed E-state index contributed by atoms with van der Waals surface area (Å²) in [4.78, 5) is 0. The highest BCUT2D eigenvalue weighted by Crippen LogP contribution is 2.22. The minimum Gasteiger partial charge on any atom is -0.355 e. The number of aryl methyl sites for hydroxylation is 1. The van der Waals surface area contributed by atoms with Gasteiger partial charge in [0.05, 0.1) is 5.56 Å². The Bertz CT molecular complexity index is 600. The normalized spacial score (nSPS) is 9.83. The topological polar surface area (TPSA) is 35.8 Å². The minimum absolute atomic E-state index is 0.0596. The molecule has 2 nitrogen and oxygen atoms in total. The molecule has 0 heterocycles. The van der Waals surface area contributed by atoms with Crippen molar-refractivity contribution in [3.63, 3.8) is 0 Å². The van der Waals surface area contributed by atoms with Crippen molar-refractivity contribution in [2.75, 3.05) is 5.32 Å². The van der Waals surface area contributed by atoms with Crippen molar-refractivity contribution in [1.29, 1.82) is 5.26 Å². The average molecular weight is 240 g/mol. The molecule has 0 bridgehead atoms. The lowest BCUT2D eigenvalue weighted by Gasteiger charge is -2.11. The second-order valence-electron chi connectivity index (χ2n) is 3.94. The molecule has 90 valence electrons. The molecule has 1 N–H and O–H groups in total. The van der Waals surface area contributed by atoms with E-state index in [1.54, 1.807) is 12.1 Å². The van der Waals surface area contributed by atoms with Crippen molar-refractivity contribution in [1.82, 2.24) is 0 Å². The van der Waals surface area contributed by atoms with E-state index in [-0.39, 0.29) is 5.56 Å². The molecule has 3 heteroatoms. The summed E-state index contributed by atoms with van der Waals surface area (Å²) in [6.07, 6.45) is 0.905. The van der Waals surface area contributed by atoms with Crippen molar-refractivity contribution in [2.24, 2.45) is 0 Å². The number of hydrogen-bond acceptors (Lipinski definition) is 2. The van der Waals surface area contributed by atoms with Crippen LogP contribution in [0.4, 0.5) is 15.8 Å². The van der Waals surface area contributed by atoms with E-state index in [1.807, 2.05) is 24.3 Å². The molecule has 2 aromatic rings. The fraction of sp³-hybridized carbons (Fsp3) is 0.133. The van der Waals surface area contributed by atoms with Gasteiger partial charge >= 0.3 is 0 Å². The summed E-state index contributed by atoms with van der Waals surface area (Å²) in [6, 6.07) is 14.2. The lowest BCUT2D eigenvalue weighted by atomic mass is 10.1. The summed E-state index contributed by atoms with van der Waals surface area (Å²) >= 11 is 0. The van der Waals surface area contributed by atoms with Gasteiger partial charge in [-0.2, -0.15) is 5.26 Å². The smallest absolute Gasteiger partial charge is 0.143 e. The van der Waals surface area contributed by atoms with E-state index >= 15 is 0 Å². The van der Waals surface area contributed by atoms with Gasteiger partial charge in [0.25, 0.3) is 0 Å². The van der Waals surface area contributed by atoms with Gasteiger partial charge in [-0.05, 0) is 36.2 Å². The third-order valence-corrected chi connectivity index (χ3v) is 2.77. The van der Waals surface area contributed by atoms with Crippen LogP contribution < -0.4 is 5.32 Å². The second-order valence-corrected chi connectivity index (χ2v) is 3.94. The first-order valence-corrected chi connectivity index (χ1v) is 5.79. The number of rotatable bonds is 3. The highest BCUT2D eigenvalue weighted by molar-refractivity contribution is 5.63. The van der Waals surface area contributed by atoms with Crippen LogP contribution in [0.15, 0.2) is 42.5 Å². The molecule has 0 aliphatic rings. The Morgan fingerprint density at radius 3 is 2.67 bits per heavy atom. The molecule has 0 radical (unpaired) electrons. The Balaban J connectivity index is 2.29. The van der Waals surface area contributed by atoms with Gasteiger partial charge in [0.2, 0.25) is 0 Å². The van der Waals surface area contributed by atoms with Gasteiger partial charge in [-0.1, -0.05) is 25.1 Å². The SMILES string of the molecule is CCc1ccccc1Nc1ccc(C#N)c(F)c1. The maximum atomic E-state index is 13.5. The number of halogens is 1. The molecule has 0 fully saturated rings. The number of anilines is 2. The maximum Gasteiger partial charge on any atom is 0.143 e. The summed E-state index contributed by atoms with van der Waals surface area (Å²) in [6.45, 7) is 2.07. The molecule has 0 saturated heterocycles. The Morgan fingerprint density at radius 1 is 1.22 bits per heavy atom. The van der Waals surface area contributed by atoms with Crippen LogP contribution in [0, 0.1) is 17.1 Å².